The minimum absolute atomic E-state index is 0.0716. The molecule has 13 heteroatoms. The molecule has 10 nitrogen and oxygen atoms in total. The SMILES string of the molecule is CCN1CCN(Cc2ccc(C(=O)Nc3ccc(C)c(NCc4cnc(NC(=O)NC)cn4)c3)cc2C(F)(F)F)CC1. The minimum atomic E-state index is -4.59. The second-order valence-electron chi connectivity index (χ2n) is 10.0. The molecule has 4 rings (SSSR count). The van der Waals surface area contributed by atoms with Crippen LogP contribution in [0.15, 0.2) is 48.8 Å². The van der Waals surface area contributed by atoms with Crippen molar-refractivity contribution in [3.8, 4) is 0 Å². The van der Waals surface area contributed by atoms with Gasteiger partial charge in [-0.2, -0.15) is 13.2 Å². The molecular weight excluding hydrogens is 549 g/mol. The Morgan fingerprint density at radius 2 is 1.69 bits per heavy atom. The van der Waals surface area contributed by atoms with Crippen LogP contribution in [-0.4, -0.2) is 71.5 Å². The highest BCUT2D eigenvalue weighted by Gasteiger charge is 2.34. The number of nitrogens with one attached hydrogen (secondary N) is 4. The summed E-state index contributed by atoms with van der Waals surface area (Å²) >= 11 is 0. The van der Waals surface area contributed by atoms with Gasteiger partial charge in [-0.1, -0.05) is 19.1 Å². The van der Waals surface area contributed by atoms with E-state index in [4.69, 9.17) is 0 Å². The molecule has 1 fully saturated rings. The van der Waals surface area contributed by atoms with E-state index in [1.807, 2.05) is 11.8 Å². The van der Waals surface area contributed by atoms with E-state index in [0.29, 0.717) is 42.5 Å². The van der Waals surface area contributed by atoms with Crippen molar-refractivity contribution in [2.24, 2.45) is 0 Å². The topological polar surface area (TPSA) is 115 Å². The Balaban J connectivity index is 1.42. The number of halogens is 3. The number of alkyl halides is 3. The second kappa shape index (κ2) is 13.6. The number of rotatable bonds is 9. The van der Waals surface area contributed by atoms with E-state index in [9.17, 15) is 22.8 Å². The highest BCUT2D eigenvalue weighted by molar-refractivity contribution is 6.04. The molecule has 0 radical (unpaired) electrons. The fourth-order valence-electron chi connectivity index (χ4n) is 4.59. The number of urea groups is 1. The van der Waals surface area contributed by atoms with Crippen molar-refractivity contribution in [2.45, 2.75) is 33.1 Å². The van der Waals surface area contributed by atoms with E-state index in [1.54, 1.807) is 18.2 Å². The Labute approximate surface area is 242 Å². The standard InChI is InChI=1S/C29H35F3N8O2/c1-4-39-9-11-40(12-10-39)18-21-7-6-20(13-24(21)29(30,31)32)27(41)37-22-8-5-19(2)25(14-22)35-15-23-16-36-26(17-34-23)38-28(42)33-3/h5-8,13-14,16-17,35H,4,9-12,15,18H2,1-3H3,(H,37,41)(H2,33,36,38,42). The molecule has 3 aromatic rings. The lowest BCUT2D eigenvalue weighted by Gasteiger charge is -2.34. The first-order valence-corrected chi connectivity index (χ1v) is 13.7. The molecule has 42 heavy (non-hydrogen) atoms. The van der Waals surface area contributed by atoms with E-state index >= 15 is 0 Å². The number of nitrogens with zero attached hydrogens (tertiary/aromatic N) is 4. The first-order chi connectivity index (χ1) is 20.0. The molecule has 2 aromatic carbocycles. The molecule has 1 aromatic heterocycles. The largest absolute Gasteiger partial charge is 0.416 e. The molecule has 1 aliphatic rings. The highest BCUT2D eigenvalue weighted by Crippen LogP contribution is 2.34. The molecule has 2 heterocycles. The van der Waals surface area contributed by atoms with Gasteiger partial charge in [0.25, 0.3) is 5.91 Å². The third-order valence-electron chi connectivity index (χ3n) is 7.11. The summed E-state index contributed by atoms with van der Waals surface area (Å²) < 4.78 is 42.0. The van der Waals surface area contributed by atoms with Gasteiger partial charge in [0.05, 0.1) is 30.2 Å². The summed E-state index contributed by atoms with van der Waals surface area (Å²) in [5, 5.41) is 10.9. The Morgan fingerprint density at radius 3 is 2.33 bits per heavy atom. The Kier molecular flexibility index (Phi) is 9.96. The molecule has 0 unspecified atom stereocenters. The number of carbonyl (C=O) groups is 2. The van der Waals surface area contributed by atoms with Crippen molar-refractivity contribution >= 4 is 29.1 Å². The van der Waals surface area contributed by atoms with Gasteiger partial charge in [0.2, 0.25) is 0 Å². The van der Waals surface area contributed by atoms with Gasteiger partial charge >= 0.3 is 12.2 Å². The number of amides is 3. The van der Waals surface area contributed by atoms with Crippen molar-refractivity contribution in [1.29, 1.82) is 0 Å². The van der Waals surface area contributed by atoms with E-state index in [-0.39, 0.29) is 17.7 Å². The second-order valence-corrected chi connectivity index (χ2v) is 10.0. The number of aryl methyl sites for hydroxylation is 1. The molecule has 0 spiro atoms. The quantitative estimate of drug-likeness (QED) is 0.292. The number of hydrogen-bond acceptors (Lipinski definition) is 7. The maximum absolute atomic E-state index is 14.0. The fourth-order valence-corrected chi connectivity index (χ4v) is 4.59. The number of piperazine rings is 1. The normalized spacial score (nSPS) is 14.3. The van der Waals surface area contributed by atoms with Crippen LogP contribution in [0.4, 0.5) is 35.2 Å². The summed E-state index contributed by atoms with van der Waals surface area (Å²) in [6.07, 6.45) is -1.63. The van der Waals surface area contributed by atoms with Crippen molar-refractivity contribution < 1.29 is 22.8 Å². The van der Waals surface area contributed by atoms with Gasteiger partial charge in [-0.3, -0.25) is 20.0 Å². The molecule has 1 aliphatic heterocycles. The van der Waals surface area contributed by atoms with Crippen molar-refractivity contribution in [1.82, 2.24) is 25.1 Å². The first-order valence-electron chi connectivity index (χ1n) is 13.7. The van der Waals surface area contributed by atoms with Gasteiger partial charge in [-0.25, -0.2) is 9.78 Å². The predicted octanol–water partition coefficient (Wildman–Crippen LogP) is 4.56. The van der Waals surface area contributed by atoms with Crippen LogP contribution in [0.1, 0.15) is 39.7 Å². The van der Waals surface area contributed by atoms with Gasteiger partial charge in [0, 0.05) is 56.7 Å². The van der Waals surface area contributed by atoms with Crippen LogP contribution in [0.2, 0.25) is 0 Å². The Bertz CT molecular complexity index is 1390. The molecule has 3 amide bonds. The van der Waals surface area contributed by atoms with Crippen LogP contribution in [0, 0.1) is 6.92 Å². The zero-order chi connectivity index (χ0) is 30.3. The molecule has 224 valence electrons. The zero-order valence-corrected chi connectivity index (χ0v) is 23.8. The average molecular weight is 585 g/mol. The third kappa shape index (κ3) is 8.17. The van der Waals surface area contributed by atoms with E-state index in [0.717, 1.165) is 31.3 Å². The maximum atomic E-state index is 14.0. The number of anilines is 3. The number of likely N-dealkylation sites (N-methyl/N-ethyl adjacent to an activating group) is 1. The molecular formula is C29H35F3N8O2. The van der Waals surface area contributed by atoms with Crippen LogP contribution in [-0.2, 0) is 19.3 Å². The summed E-state index contributed by atoms with van der Waals surface area (Å²) in [5.74, 6) is -0.334. The Hall–Kier alpha value is -4.23. The van der Waals surface area contributed by atoms with E-state index in [2.05, 4.69) is 43.1 Å². The zero-order valence-electron chi connectivity index (χ0n) is 23.8. The predicted molar refractivity (Wildman–Crippen MR) is 155 cm³/mol. The van der Waals surface area contributed by atoms with Crippen LogP contribution >= 0.6 is 0 Å². The van der Waals surface area contributed by atoms with Gasteiger partial charge in [-0.15, -0.1) is 0 Å². The maximum Gasteiger partial charge on any atom is 0.416 e. The Morgan fingerprint density at radius 1 is 0.952 bits per heavy atom. The molecule has 4 N–H and O–H groups in total. The van der Waals surface area contributed by atoms with Crippen molar-refractivity contribution in [3.63, 3.8) is 0 Å². The smallest absolute Gasteiger partial charge is 0.379 e. The molecule has 0 saturated carbocycles. The molecule has 0 bridgehead atoms. The summed E-state index contributed by atoms with van der Waals surface area (Å²) in [7, 11) is 1.49. The fraction of sp³-hybridized carbons (Fsp3) is 0.379. The lowest BCUT2D eigenvalue weighted by atomic mass is 10.0. The van der Waals surface area contributed by atoms with E-state index < -0.39 is 23.7 Å². The van der Waals surface area contributed by atoms with Crippen LogP contribution in [0.5, 0.6) is 0 Å². The molecule has 0 aliphatic carbocycles. The molecule has 0 atom stereocenters. The average Bonchev–Trinajstić information content (AvgIpc) is 2.98. The van der Waals surface area contributed by atoms with Gasteiger partial charge in [-0.05, 0) is 48.9 Å². The van der Waals surface area contributed by atoms with Gasteiger partial charge < -0.3 is 20.9 Å². The molecule has 1 saturated heterocycles. The summed E-state index contributed by atoms with van der Waals surface area (Å²) in [5.41, 5.74) is 1.93. The van der Waals surface area contributed by atoms with Crippen LogP contribution in [0.25, 0.3) is 0 Å². The van der Waals surface area contributed by atoms with Crippen LogP contribution in [0.3, 0.4) is 0 Å². The van der Waals surface area contributed by atoms with Crippen LogP contribution < -0.4 is 21.3 Å². The van der Waals surface area contributed by atoms with Crippen molar-refractivity contribution in [2.75, 3.05) is 55.7 Å². The minimum Gasteiger partial charge on any atom is -0.379 e. The van der Waals surface area contributed by atoms with E-state index in [1.165, 1.54) is 31.6 Å². The lowest BCUT2D eigenvalue weighted by Crippen LogP contribution is -2.45. The van der Waals surface area contributed by atoms with Gasteiger partial charge in [0.1, 0.15) is 0 Å². The highest BCUT2D eigenvalue weighted by atomic mass is 19.4. The number of aromatic nitrogens is 2. The first kappa shape index (κ1) is 30.7. The number of benzene rings is 2. The van der Waals surface area contributed by atoms with Crippen molar-refractivity contribution in [3.05, 3.63) is 76.7 Å². The number of carbonyl (C=O) groups excluding carboxylic acids is 2. The summed E-state index contributed by atoms with van der Waals surface area (Å²) in [6, 6.07) is 8.56. The monoisotopic (exact) mass is 584 g/mol. The lowest BCUT2D eigenvalue weighted by molar-refractivity contribution is -0.138. The summed E-state index contributed by atoms with van der Waals surface area (Å²) in [6.45, 7) is 8.41. The summed E-state index contributed by atoms with van der Waals surface area (Å²) in [4.78, 5) is 37.1. The number of hydrogen-bond donors (Lipinski definition) is 4. The third-order valence-corrected chi connectivity index (χ3v) is 7.11. The van der Waals surface area contributed by atoms with Gasteiger partial charge in [0.15, 0.2) is 5.82 Å².